The molecule has 0 atom stereocenters. The van der Waals surface area contributed by atoms with E-state index in [-0.39, 0.29) is 0 Å². The first-order valence-electron chi connectivity index (χ1n) is 18.2. The van der Waals surface area contributed by atoms with Crippen LogP contribution in [0.5, 0.6) is 0 Å². The molecular weight excluding hydrogens is 639 g/mol. The maximum Gasteiger partial charge on any atom is 0.0468 e. The van der Waals surface area contributed by atoms with E-state index in [1.165, 1.54) is 66.4 Å². The minimum absolute atomic E-state index is 1.10. The lowest BCUT2D eigenvalue weighted by molar-refractivity contribution is 1.28. The second-order valence-corrected chi connectivity index (χ2v) is 13.4. The van der Waals surface area contributed by atoms with E-state index in [0.717, 1.165) is 17.1 Å². The molecule has 1 heteroatoms. The predicted molar refractivity (Wildman–Crippen MR) is 226 cm³/mol. The number of fused-ring (bicyclic) bond motifs is 1. The standard InChI is InChI=1S/C52H37N/c1-4-13-38(14-5-1)39-23-25-40(26-24-39)41-27-31-46(32-28-41)53(47-33-29-45(30-34-47)50-22-12-20-43-19-10-11-21-49(43)50)48-35-36-51(42-15-6-2-7-16-42)52(37-48)44-17-8-3-9-18-44/h1-37H. The van der Waals surface area contributed by atoms with Gasteiger partial charge in [-0.3, -0.25) is 0 Å². The number of benzene rings is 9. The van der Waals surface area contributed by atoms with E-state index in [9.17, 15) is 0 Å². The minimum Gasteiger partial charge on any atom is -0.310 e. The summed E-state index contributed by atoms with van der Waals surface area (Å²) >= 11 is 0. The summed E-state index contributed by atoms with van der Waals surface area (Å²) in [4.78, 5) is 2.37. The molecule has 0 fully saturated rings. The average Bonchev–Trinajstić information content (AvgIpc) is 3.25. The summed E-state index contributed by atoms with van der Waals surface area (Å²) in [6.07, 6.45) is 0. The van der Waals surface area contributed by atoms with Crippen LogP contribution in [0.15, 0.2) is 224 Å². The van der Waals surface area contributed by atoms with Gasteiger partial charge in [-0.2, -0.15) is 0 Å². The topological polar surface area (TPSA) is 3.24 Å². The Morgan fingerprint density at radius 3 is 1.21 bits per heavy atom. The van der Waals surface area contributed by atoms with Gasteiger partial charge in [0.15, 0.2) is 0 Å². The van der Waals surface area contributed by atoms with Crippen molar-refractivity contribution in [2.75, 3.05) is 4.90 Å². The molecular formula is C52H37N. The Balaban J connectivity index is 1.14. The van der Waals surface area contributed by atoms with Gasteiger partial charge in [-0.1, -0.05) is 188 Å². The summed E-state index contributed by atoms with van der Waals surface area (Å²) in [7, 11) is 0. The maximum atomic E-state index is 2.37. The highest BCUT2D eigenvalue weighted by molar-refractivity contribution is 5.97. The Labute approximate surface area is 311 Å². The Kier molecular flexibility index (Phi) is 8.66. The van der Waals surface area contributed by atoms with Crippen molar-refractivity contribution in [1.29, 1.82) is 0 Å². The highest BCUT2D eigenvalue weighted by Crippen LogP contribution is 2.42. The second kappa shape index (κ2) is 14.3. The normalized spacial score (nSPS) is 11.0. The fraction of sp³-hybridized carbons (Fsp3) is 0. The van der Waals surface area contributed by atoms with Gasteiger partial charge in [0.05, 0.1) is 0 Å². The highest BCUT2D eigenvalue weighted by atomic mass is 15.1. The van der Waals surface area contributed by atoms with Crippen molar-refractivity contribution >= 4 is 27.8 Å². The monoisotopic (exact) mass is 675 g/mol. The number of hydrogen-bond donors (Lipinski definition) is 0. The average molecular weight is 676 g/mol. The molecule has 0 unspecified atom stereocenters. The first-order chi connectivity index (χ1) is 26.3. The van der Waals surface area contributed by atoms with Gasteiger partial charge >= 0.3 is 0 Å². The zero-order valence-electron chi connectivity index (χ0n) is 29.3. The van der Waals surface area contributed by atoms with Gasteiger partial charge < -0.3 is 4.90 Å². The van der Waals surface area contributed by atoms with Crippen molar-refractivity contribution in [1.82, 2.24) is 0 Å². The third-order valence-corrected chi connectivity index (χ3v) is 10.1. The summed E-state index contributed by atoms with van der Waals surface area (Å²) in [6.45, 7) is 0. The van der Waals surface area contributed by atoms with Gasteiger partial charge in [-0.05, 0) is 103 Å². The largest absolute Gasteiger partial charge is 0.310 e. The van der Waals surface area contributed by atoms with Crippen LogP contribution >= 0.6 is 0 Å². The van der Waals surface area contributed by atoms with E-state index in [1.54, 1.807) is 0 Å². The molecule has 0 heterocycles. The van der Waals surface area contributed by atoms with Crippen molar-refractivity contribution in [3.63, 3.8) is 0 Å². The quantitative estimate of drug-likeness (QED) is 0.155. The predicted octanol–water partition coefficient (Wildman–Crippen LogP) is 14.6. The third-order valence-electron chi connectivity index (χ3n) is 10.1. The molecule has 0 amide bonds. The van der Waals surface area contributed by atoms with Gasteiger partial charge in [0.1, 0.15) is 0 Å². The Morgan fingerprint density at radius 1 is 0.226 bits per heavy atom. The summed E-state index contributed by atoms with van der Waals surface area (Å²) in [6, 6.07) is 80.8. The first kappa shape index (κ1) is 32.0. The van der Waals surface area contributed by atoms with Crippen molar-refractivity contribution in [3.05, 3.63) is 224 Å². The number of anilines is 3. The van der Waals surface area contributed by atoms with E-state index < -0.39 is 0 Å². The first-order valence-corrected chi connectivity index (χ1v) is 18.2. The molecule has 0 radical (unpaired) electrons. The Morgan fingerprint density at radius 2 is 0.623 bits per heavy atom. The summed E-state index contributed by atoms with van der Waals surface area (Å²) in [5, 5.41) is 2.51. The van der Waals surface area contributed by atoms with E-state index in [0.29, 0.717) is 0 Å². The molecule has 0 aliphatic heterocycles. The van der Waals surface area contributed by atoms with Crippen molar-refractivity contribution < 1.29 is 0 Å². The fourth-order valence-corrected chi connectivity index (χ4v) is 7.40. The van der Waals surface area contributed by atoms with Crippen LogP contribution < -0.4 is 4.90 Å². The van der Waals surface area contributed by atoms with E-state index in [1.807, 2.05) is 0 Å². The SMILES string of the molecule is c1ccc(-c2ccc(-c3ccc(N(c4ccc(-c5cccc6ccccc56)cc4)c4ccc(-c5ccccc5)c(-c5ccccc5)c4)cc3)cc2)cc1. The third kappa shape index (κ3) is 6.53. The molecule has 0 aliphatic carbocycles. The molecule has 9 aromatic carbocycles. The lowest BCUT2D eigenvalue weighted by Crippen LogP contribution is -2.10. The van der Waals surface area contributed by atoms with Crippen LogP contribution in [0.2, 0.25) is 0 Å². The van der Waals surface area contributed by atoms with E-state index in [2.05, 4.69) is 229 Å². The molecule has 0 saturated carbocycles. The molecule has 9 aromatic rings. The molecule has 0 bridgehead atoms. The summed E-state index contributed by atoms with van der Waals surface area (Å²) in [5.74, 6) is 0. The zero-order chi connectivity index (χ0) is 35.4. The highest BCUT2D eigenvalue weighted by Gasteiger charge is 2.17. The van der Waals surface area contributed by atoms with Crippen LogP contribution in [0.1, 0.15) is 0 Å². The Bertz CT molecular complexity index is 2600. The van der Waals surface area contributed by atoms with Gasteiger partial charge in [0.2, 0.25) is 0 Å². The summed E-state index contributed by atoms with van der Waals surface area (Å²) < 4.78 is 0. The van der Waals surface area contributed by atoms with Crippen LogP contribution in [-0.2, 0) is 0 Å². The fourth-order valence-electron chi connectivity index (χ4n) is 7.40. The number of rotatable bonds is 8. The smallest absolute Gasteiger partial charge is 0.0468 e. The molecule has 0 saturated heterocycles. The van der Waals surface area contributed by atoms with Crippen LogP contribution in [0.25, 0.3) is 66.4 Å². The molecule has 9 rings (SSSR count). The number of hydrogen-bond acceptors (Lipinski definition) is 1. The van der Waals surface area contributed by atoms with Crippen LogP contribution in [0, 0.1) is 0 Å². The van der Waals surface area contributed by atoms with Gasteiger partial charge in [-0.25, -0.2) is 0 Å². The molecule has 250 valence electrons. The van der Waals surface area contributed by atoms with Crippen molar-refractivity contribution in [2.45, 2.75) is 0 Å². The van der Waals surface area contributed by atoms with E-state index in [4.69, 9.17) is 0 Å². The maximum absolute atomic E-state index is 2.37. The minimum atomic E-state index is 1.10. The molecule has 0 spiro atoms. The van der Waals surface area contributed by atoms with Crippen LogP contribution in [-0.4, -0.2) is 0 Å². The Hall–Kier alpha value is -6.96. The van der Waals surface area contributed by atoms with Crippen molar-refractivity contribution in [3.8, 4) is 55.6 Å². The lowest BCUT2D eigenvalue weighted by Gasteiger charge is -2.27. The zero-order valence-corrected chi connectivity index (χ0v) is 29.3. The lowest BCUT2D eigenvalue weighted by atomic mass is 9.93. The molecule has 1 nitrogen and oxygen atoms in total. The van der Waals surface area contributed by atoms with Crippen LogP contribution in [0.3, 0.4) is 0 Å². The van der Waals surface area contributed by atoms with Crippen LogP contribution in [0.4, 0.5) is 17.1 Å². The van der Waals surface area contributed by atoms with Gasteiger partial charge in [-0.15, -0.1) is 0 Å². The molecule has 0 N–H and O–H groups in total. The summed E-state index contributed by atoms with van der Waals surface area (Å²) in [5.41, 5.74) is 15.3. The number of nitrogens with zero attached hydrogens (tertiary/aromatic N) is 1. The molecule has 53 heavy (non-hydrogen) atoms. The van der Waals surface area contributed by atoms with Crippen molar-refractivity contribution in [2.24, 2.45) is 0 Å². The second-order valence-electron chi connectivity index (χ2n) is 13.4. The van der Waals surface area contributed by atoms with Gasteiger partial charge in [0.25, 0.3) is 0 Å². The van der Waals surface area contributed by atoms with Gasteiger partial charge in [0, 0.05) is 17.1 Å². The van der Waals surface area contributed by atoms with E-state index >= 15 is 0 Å². The molecule has 0 aromatic heterocycles. The molecule has 0 aliphatic rings.